The second-order valence-electron chi connectivity index (χ2n) is 4.98. The Hall–Kier alpha value is -1.91. The van der Waals surface area contributed by atoms with Crippen molar-refractivity contribution in [3.8, 4) is 0 Å². The minimum atomic E-state index is -0.442. The first-order chi connectivity index (χ1) is 9.72. The van der Waals surface area contributed by atoms with Gasteiger partial charge < -0.3 is 9.64 Å². The second kappa shape index (κ2) is 7.03. The summed E-state index contributed by atoms with van der Waals surface area (Å²) in [5, 5.41) is 0. The first kappa shape index (κ1) is 14.5. The van der Waals surface area contributed by atoms with Gasteiger partial charge in [0.2, 0.25) is 0 Å². The van der Waals surface area contributed by atoms with Crippen molar-refractivity contribution in [1.29, 1.82) is 0 Å². The van der Waals surface area contributed by atoms with Crippen molar-refractivity contribution in [3.05, 3.63) is 29.6 Å². The first-order valence-electron chi connectivity index (χ1n) is 7.06. The molecule has 0 N–H and O–H groups in total. The molecule has 2 rings (SSSR count). The maximum absolute atomic E-state index is 12.4. The zero-order chi connectivity index (χ0) is 14.4. The lowest BCUT2D eigenvalue weighted by Gasteiger charge is -2.24. The summed E-state index contributed by atoms with van der Waals surface area (Å²) in [6.45, 7) is 1.58. The van der Waals surface area contributed by atoms with Crippen LogP contribution in [0.2, 0.25) is 0 Å². The van der Waals surface area contributed by atoms with Crippen molar-refractivity contribution in [2.24, 2.45) is 0 Å². The molecule has 0 bridgehead atoms. The number of carbonyl (C=O) groups excluding carboxylic acids is 2. The summed E-state index contributed by atoms with van der Waals surface area (Å²) in [5.74, 6) is -0.494. The van der Waals surface area contributed by atoms with E-state index in [0.717, 1.165) is 25.9 Å². The molecule has 0 aromatic carbocycles. The van der Waals surface area contributed by atoms with E-state index in [1.54, 1.807) is 12.1 Å². The Morgan fingerprint density at radius 1 is 1.10 bits per heavy atom. The minimum absolute atomic E-state index is 0.0525. The number of amides is 1. The van der Waals surface area contributed by atoms with Crippen molar-refractivity contribution in [3.63, 3.8) is 0 Å². The fourth-order valence-electron chi connectivity index (χ4n) is 2.37. The zero-order valence-electron chi connectivity index (χ0n) is 11.8. The number of ether oxygens (including phenoxy) is 1. The monoisotopic (exact) mass is 276 g/mol. The van der Waals surface area contributed by atoms with Crippen LogP contribution in [-0.2, 0) is 4.74 Å². The third-order valence-electron chi connectivity index (χ3n) is 3.55. The van der Waals surface area contributed by atoms with E-state index in [9.17, 15) is 9.59 Å². The fraction of sp³-hybridized carbons (Fsp3) is 0.533. The molecule has 1 amide bonds. The standard InChI is InChI=1S/C15H20N2O3/c1-20-15(19)12-7-8-13(16-11-12)14(18)17-9-5-3-2-4-6-10-17/h7-8,11H,2-6,9-10H2,1H3. The number of pyridine rings is 1. The normalized spacial score (nSPS) is 16.1. The number of rotatable bonds is 2. The maximum atomic E-state index is 12.4. The van der Waals surface area contributed by atoms with E-state index in [1.807, 2.05) is 4.90 Å². The van der Waals surface area contributed by atoms with Gasteiger partial charge in [-0.05, 0) is 25.0 Å². The molecule has 1 aromatic heterocycles. The molecule has 1 fully saturated rings. The Morgan fingerprint density at radius 3 is 2.30 bits per heavy atom. The van der Waals surface area contributed by atoms with Crippen LogP contribution >= 0.6 is 0 Å². The van der Waals surface area contributed by atoms with Gasteiger partial charge in [-0.15, -0.1) is 0 Å². The van der Waals surface area contributed by atoms with Gasteiger partial charge in [-0.25, -0.2) is 4.79 Å². The van der Waals surface area contributed by atoms with Crippen LogP contribution in [0.4, 0.5) is 0 Å². The second-order valence-corrected chi connectivity index (χ2v) is 4.98. The third kappa shape index (κ3) is 3.56. The highest BCUT2D eigenvalue weighted by molar-refractivity contribution is 5.94. The van der Waals surface area contributed by atoms with Crippen LogP contribution in [-0.4, -0.2) is 42.0 Å². The summed E-state index contributed by atoms with van der Waals surface area (Å²) in [7, 11) is 1.32. The molecule has 1 aliphatic heterocycles. The summed E-state index contributed by atoms with van der Waals surface area (Å²) >= 11 is 0. The van der Waals surface area contributed by atoms with Gasteiger partial charge in [0.25, 0.3) is 5.91 Å². The van der Waals surface area contributed by atoms with Crippen LogP contribution in [0.1, 0.15) is 53.0 Å². The lowest BCUT2D eigenvalue weighted by Crippen LogP contribution is -2.34. The van der Waals surface area contributed by atoms with Crippen molar-refractivity contribution < 1.29 is 14.3 Å². The van der Waals surface area contributed by atoms with E-state index < -0.39 is 5.97 Å². The molecule has 1 aliphatic rings. The Bertz CT molecular complexity index is 463. The molecular formula is C15H20N2O3. The van der Waals surface area contributed by atoms with E-state index >= 15 is 0 Å². The van der Waals surface area contributed by atoms with Gasteiger partial charge in [0, 0.05) is 19.3 Å². The smallest absolute Gasteiger partial charge is 0.339 e. The summed E-state index contributed by atoms with van der Waals surface area (Å²) in [5.41, 5.74) is 0.745. The van der Waals surface area contributed by atoms with Crippen LogP contribution in [0.25, 0.3) is 0 Å². The fourth-order valence-corrected chi connectivity index (χ4v) is 2.37. The van der Waals surface area contributed by atoms with E-state index in [2.05, 4.69) is 9.72 Å². The first-order valence-corrected chi connectivity index (χ1v) is 7.06. The van der Waals surface area contributed by atoms with Crippen molar-refractivity contribution >= 4 is 11.9 Å². The number of hydrogen-bond donors (Lipinski definition) is 0. The Balaban J connectivity index is 2.05. The average Bonchev–Trinajstić information content (AvgIpc) is 2.46. The number of hydrogen-bond acceptors (Lipinski definition) is 4. The van der Waals surface area contributed by atoms with Crippen molar-refractivity contribution in [1.82, 2.24) is 9.88 Å². The Kier molecular flexibility index (Phi) is 5.09. The van der Waals surface area contributed by atoms with Gasteiger partial charge in [-0.2, -0.15) is 0 Å². The maximum Gasteiger partial charge on any atom is 0.339 e. The molecule has 1 aromatic rings. The lowest BCUT2D eigenvalue weighted by atomic mass is 10.1. The van der Waals surface area contributed by atoms with E-state index in [-0.39, 0.29) is 5.91 Å². The molecule has 20 heavy (non-hydrogen) atoms. The number of nitrogens with zero attached hydrogens (tertiary/aromatic N) is 2. The summed E-state index contributed by atoms with van der Waals surface area (Å²) in [6, 6.07) is 3.17. The van der Waals surface area contributed by atoms with Gasteiger partial charge in [0.15, 0.2) is 0 Å². The highest BCUT2D eigenvalue weighted by atomic mass is 16.5. The molecule has 1 saturated heterocycles. The quantitative estimate of drug-likeness (QED) is 0.777. The summed E-state index contributed by atoms with van der Waals surface area (Å²) in [6.07, 6.45) is 7.10. The van der Waals surface area contributed by atoms with Gasteiger partial charge in [-0.1, -0.05) is 19.3 Å². The topological polar surface area (TPSA) is 59.5 Å². The highest BCUT2D eigenvalue weighted by Gasteiger charge is 2.18. The number of carbonyl (C=O) groups is 2. The van der Waals surface area contributed by atoms with E-state index in [0.29, 0.717) is 11.3 Å². The highest BCUT2D eigenvalue weighted by Crippen LogP contribution is 2.13. The van der Waals surface area contributed by atoms with Crippen molar-refractivity contribution in [2.45, 2.75) is 32.1 Å². The third-order valence-corrected chi connectivity index (χ3v) is 3.55. The molecule has 108 valence electrons. The number of likely N-dealkylation sites (tertiary alicyclic amines) is 1. The summed E-state index contributed by atoms with van der Waals surface area (Å²) < 4.78 is 4.61. The minimum Gasteiger partial charge on any atom is -0.465 e. The van der Waals surface area contributed by atoms with Crippen LogP contribution < -0.4 is 0 Å². The van der Waals surface area contributed by atoms with Crippen LogP contribution in [0.3, 0.4) is 0 Å². The molecule has 0 spiro atoms. The SMILES string of the molecule is COC(=O)c1ccc(C(=O)N2CCCCCCC2)nc1. The predicted octanol–water partition coefficient (Wildman–Crippen LogP) is 2.27. The number of esters is 1. The summed E-state index contributed by atoms with van der Waals surface area (Å²) in [4.78, 5) is 29.6. The van der Waals surface area contributed by atoms with E-state index in [4.69, 9.17) is 0 Å². The average molecular weight is 276 g/mol. The molecule has 0 saturated carbocycles. The molecular weight excluding hydrogens is 256 g/mol. The van der Waals surface area contributed by atoms with Crippen LogP contribution in [0, 0.1) is 0 Å². The Labute approximate surface area is 118 Å². The predicted molar refractivity (Wildman–Crippen MR) is 74.6 cm³/mol. The molecule has 2 heterocycles. The van der Waals surface area contributed by atoms with Crippen LogP contribution in [0.5, 0.6) is 0 Å². The van der Waals surface area contributed by atoms with Gasteiger partial charge in [0.1, 0.15) is 5.69 Å². The van der Waals surface area contributed by atoms with Gasteiger partial charge in [0.05, 0.1) is 12.7 Å². The van der Waals surface area contributed by atoms with Crippen LogP contribution in [0.15, 0.2) is 18.3 Å². The zero-order valence-corrected chi connectivity index (χ0v) is 11.8. The van der Waals surface area contributed by atoms with E-state index in [1.165, 1.54) is 32.6 Å². The Morgan fingerprint density at radius 2 is 1.75 bits per heavy atom. The molecule has 0 atom stereocenters. The number of methoxy groups -OCH3 is 1. The van der Waals surface area contributed by atoms with Gasteiger partial charge in [-0.3, -0.25) is 9.78 Å². The molecule has 0 unspecified atom stereocenters. The lowest BCUT2D eigenvalue weighted by molar-refractivity contribution is 0.0598. The molecule has 0 aliphatic carbocycles. The van der Waals surface area contributed by atoms with Gasteiger partial charge >= 0.3 is 5.97 Å². The van der Waals surface area contributed by atoms with Crippen molar-refractivity contribution in [2.75, 3.05) is 20.2 Å². The largest absolute Gasteiger partial charge is 0.465 e. The molecule has 5 heteroatoms. The number of aromatic nitrogens is 1. The molecule has 0 radical (unpaired) electrons. The molecule has 5 nitrogen and oxygen atoms in total.